The van der Waals surface area contributed by atoms with Crippen LogP contribution in [0.3, 0.4) is 0 Å². The molecule has 6 nitrogen and oxygen atoms in total. The second-order valence-electron chi connectivity index (χ2n) is 8.20. The number of amides is 1. The molecule has 0 saturated heterocycles. The second-order valence-corrected chi connectivity index (χ2v) is 9.57. The maximum atomic E-state index is 13.3. The summed E-state index contributed by atoms with van der Waals surface area (Å²) in [6.45, 7) is 3.03. The van der Waals surface area contributed by atoms with Gasteiger partial charge in [0.2, 0.25) is 5.91 Å². The smallest absolute Gasteiger partial charge is 0.331 e. The Morgan fingerprint density at radius 3 is 2.21 bits per heavy atom. The zero-order chi connectivity index (χ0) is 23.9. The number of hydrogen-bond donors (Lipinski definition) is 0. The Kier molecular flexibility index (Phi) is 7.54. The number of thiophene rings is 1. The van der Waals surface area contributed by atoms with Gasteiger partial charge in [0.15, 0.2) is 0 Å². The third kappa shape index (κ3) is 5.99. The van der Waals surface area contributed by atoms with E-state index in [0.717, 1.165) is 20.6 Å². The van der Waals surface area contributed by atoms with E-state index in [-0.39, 0.29) is 12.5 Å². The van der Waals surface area contributed by atoms with Gasteiger partial charge in [-0.3, -0.25) is 18.7 Å². The molecule has 2 aromatic heterocycles. The molecular formula is C27H27N3O3S. The molecule has 0 bridgehead atoms. The van der Waals surface area contributed by atoms with Crippen LogP contribution in [0.15, 0.2) is 94.6 Å². The minimum Gasteiger partial charge on any atom is -0.336 e. The van der Waals surface area contributed by atoms with E-state index in [0.29, 0.717) is 26.1 Å². The van der Waals surface area contributed by atoms with Crippen molar-refractivity contribution in [1.29, 1.82) is 0 Å². The summed E-state index contributed by atoms with van der Waals surface area (Å²) < 4.78 is 2.49. The fraction of sp³-hybridized carbons (Fsp3) is 0.222. The zero-order valence-corrected chi connectivity index (χ0v) is 19.9. The minimum atomic E-state index is -0.486. The third-order valence-electron chi connectivity index (χ3n) is 5.64. The molecule has 2 aromatic carbocycles. The van der Waals surface area contributed by atoms with Crippen LogP contribution in [-0.4, -0.2) is 26.5 Å². The highest BCUT2D eigenvalue weighted by molar-refractivity contribution is 7.11. The van der Waals surface area contributed by atoms with Gasteiger partial charge in [-0.05, 0) is 36.6 Å². The van der Waals surface area contributed by atoms with Crippen molar-refractivity contribution in [3.05, 3.63) is 127 Å². The Morgan fingerprint density at radius 1 is 0.882 bits per heavy atom. The fourth-order valence-corrected chi connectivity index (χ4v) is 4.70. The summed E-state index contributed by atoms with van der Waals surface area (Å²) in [5, 5.41) is 0. The molecule has 174 valence electrons. The first-order chi connectivity index (χ1) is 16.5. The minimum absolute atomic E-state index is 0.251. The van der Waals surface area contributed by atoms with Gasteiger partial charge in [-0.2, -0.15) is 0 Å². The number of carbonyl (C=O) groups is 1. The van der Waals surface area contributed by atoms with E-state index in [1.165, 1.54) is 21.7 Å². The second kappa shape index (κ2) is 10.9. The summed E-state index contributed by atoms with van der Waals surface area (Å²) >= 11 is 1.64. The van der Waals surface area contributed by atoms with Gasteiger partial charge in [0.05, 0.1) is 13.1 Å². The molecule has 2 heterocycles. The van der Waals surface area contributed by atoms with Crippen molar-refractivity contribution in [1.82, 2.24) is 14.0 Å². The molecule has 0 aliphatic carbocycles. The van der Waals surface area contributed by atoms with Gasteiger partial charge in [-0.25, -0.2) is 4.79 Å². The van der Waals surface area contributed by atoms with Crippen molar-refractivity contribution in [2.45, 2.75) is 33.0 Å². The molecule has 0 spiro atoms. The Balaban J connectivity index is 1.55. The highest BCUT2D eigenvalue weighted by Crippen LogP contribution is 2.18. The van der Waals surface area contributed by atoms with Crippen LogP contribution in [0.25, 0.3) is 0 Å². The first-order valence-electron chi connectivity index (χ1n) is 11.2. The van der Waals surface area contributed by atoms with Gasteiger partial charge in [0.1, 0.15) is 6.54 Å². The van der Waals surface area contributed by atoms with E-state index < -0.39 is 11.2 Å². The van der Waals surface area contributed by atoms with Crippen molar-refractivity contribution in [2.24, 2.45) is 0 Å². The van der Waals surface area contributed by atoms with Gasteiger partial charge in [0.25, 0.3) is 5.56 Å². The average molecular weight is 474 g/mol. The van der Waals surface area contributed by atoms with Crippen molar-refractivity contribution in [3.8, 4) is 0 Å². The summed E-state index contributed by atoms with van der Waals surface area (Å²) in [5.74, 6) is -0.251. The van der Waals surface area contributed by atoms with Crippen molar-refractivity contribution < 1.29 is 4.79 Å². The lowest BCUT2D eigenvalue weighted by Gasteiger charge is -2.23. The Bertz CT molecular complexity index is 1360. The maximum absolute atomic E-state index is 13.3. The quantitative estimate of drug-likeness (QED) is 0.372. The predicted molar refractivity (Wildman–Crippen MR) is 135 cm³/mol. The molecule has 1 amide bonds. The van der Waals surface area contributed by atoms with Crippen molar-refractivity contribution in [3.63, 3.8) is 0 Å². The summed E-state index contributed by atoms with van der Waals surface area (Å²) in [7, 11) is 0. The van der Waals surface area contributed by atoms with Crippen LogP contribution in [0.4, 0.5) is 0 Å². The maximum Gasteiger partial charge on any atom is 0.331 e. The van der Waals surface area contributed by atoms with Crippen LogP contribution in [0, 0.1) is 6.92 Å². The first-order valence-corrected chi connectivity index (χ1v) is 12.0. The van der Waals surface area contributed by atoms with Crippen molar-refractivity contribution >= 4 is 17.2 Å². The number of carbonyl (C=O) groups excluding carboxylic acids is 1. The lowest BCUT2D eigenvalue weighted by atomic mass is 10.1. The highest BCUT2D eigenvalue weighted by Gasteiger charge is 2.18. The van der Waals surface area contributed by atoms with E-state index in [1.807, 2.05) is 79.7 Å². The van der Waals surface area contributed by atoms with E-state index >= 15 is 0 Å². The molecule has 34 heavy (non-hydrogen) atoms. The van der Waals surface area contributed by atoms with Gasteiger partial charge in [-0.1, -0.05) is 60.7 Å². The largest absolute Gasteiger partial charge is 0.336 e. The van der Waals surface area contributed by atoms with Crippen LogP contribution in [0.2, 0.25) is 0 Å². The van der Waals surface area contributed by atoms with Crippen LogP contribution < -0.4 is 11.2 Å². The number of hydrogen-bond acceptors (Lipinski definition) is 4. The van der Waals surface area contributed by atoms with Crippen LogP contribution in [0.5, 0.6) is 0 Å². The number of aromatic nitrogens is 2. The molecule has 0 saturated carbocycles. The molecule has 0 atom stereocenters. The molecular weight excluding hydrogens is 446 g/mol. The lowest BCUT2D eigenvalue weighted by Crippen LogP contribution is -2.44. The zero-order valence-electron chi connectivity index (χ0n) is 19.1. The van der Waals surface area contributed by atoms with E-state index in [4.69, 9.17) is 0 Å². The lowest BCUT2D eigenvalue weighted by molar-refractivity contribution is -0.132. The molecule has 0 fully saturated rings. The number of rotatable bonds is 9. The molecule has 0 N–H and O–H groups in total. The molecule has 0 aliphatic heterocycles. The molecule has 7 heteroatoms. The SMILES string of the molecule is Cc1ccc(CN(CCc2ccccc2)C(=O)Cn2c(=O)ccn(Cc3ccccc3)c2=O)s1. The predicted octanol–water partition coefficient (Wildman–Crippen LogP) is 3.70. The summed E-state index contributed by atoms with van der Waals surface area (Å²) in [4.78, 5) is 42.9. The average Bonchev–Trinajstić information content (AvgIpc) is 3.27. The van der Waals surface area contributed by atoms with E-state index in [9.17, 15) is 14.4 Å². The summed E-state index contributed by atoms with van der Waals surface area (Å²) in [6.07, 6.45) is 2.18. The standard InChI is InChI=1S/C27H27N3O3S/c1-21-12-13-24(34-21)19-28(16-14-22-8-4-2-5-9-22)26(32)20-30-25(31)15-17-29(27(30)33)18-23-10-6-3-7-11-23/h2-13,15,17H,14,16,18-20H2,1H3. The fourth-order valence-electron chi connectivity index (χ4n) is 3.80. The molecule has 0 aliphatic rings. The van der Waals surface area contributed by atoms with Crippen LogP contribution >= 0.6 is 11.3 Å². The summed E-state index contributed by atoms with van der Waals surface area (Å²) in [6, 6.07) is 24.9. The number of benzene rings is 2. The normalized spacial score (nSPS) is 10.9. The Morgan fingerprint density at radius 2 is 1.56 bits per heavy atom. The highest BCUT2D eigenvalue weighted by atomic mass is 32.1. The summed E-state index contributed by atoms with van der Waals surface area (Å²) in [5.41, 5.74) is 1.11. The molecule has 4 rings (SSSR count). The van der Waals surface area contributed by atoms with Gasteiger partial charge in [-0.15, -0.1) is 11.3 Å². The molecule has 0 unspecified atom stereocenters. The molecule has 4 aromatic rings. The topological polar surface area (TPSA) is 64.3 Å². The Labute approximate surface area is 202 Å². The van der Waals surface area contributed by atoms with E-state index in [1.54, 1.807) is 16.2 Å². The first kappa shape index (κ1) is 23.4. The van der Waals surface area contributed by atoms with Gasteiger partial charge < -0.3 is 4.90 Å². The van der Waals surface area contributed by atoms with Gasteiger partial charge in [0, 0.05) is 28.6 Å². The molecule has 0 radical (unpaired) electrons. The monoisotopic (exact) mass is 473 g/mol. The van der Waals surface area contributed by atoms with Crippen molar-refractivity contribution in [2.75, 3.05) is 6.54 Å². The van der Waals surface area contributed by atoms with Crippen LogP contribution in [-0.2, 0) is 30.8 Å². The Hall–Kier alpha value is -3.71. The van der Waals surface area contributed by atoms with Crippen LogP contribution in [0.1, 0.15) is 20.9 Å². The third-order valence-corrected chi connectivity index (χ3v) is 6.62. The number of nitrogens with zero attached hydrogens (tertiary/aromatic N) is 3. The van der Waals surface area contributed by atoms with Gasteiger partial charge >= 0.3 is 5.69 Å². The number of aryl methyl sites for hydroxylation is 1. The van der Waals surface area contributed by atoms with E-state index in [2.05, 4.69) is 0 Å².